The van der Waals surface area contributed by atoms with Gasteiger partial charge in [-0.25, -0.2) is 4.39 Å². The molecule has 0 aliphatic carbocycles. The molecule has 2 saturated heterocycles. The molecule has 2 fully saturated rings. The van der Waals surface area contributed by atoms with Crippen LogP contribution in [0.1, 0.15) is 30.2 Å². The number of hydrogen-bond donors (Lipinski definition) is 0. The van der Waals surface area contributed by atoms with Crippen molar-refractivity contribution in [2.45, 2.75) is 25.3 Å². The minimum atomic E-state index is -0.284. The number of benzene rings is 1. The predicted octanol–water partition coefficient (Wildman–Crippen LogP) is 3.45. The zero-order chi connectivity index (χ0) is 24.2. The number of carbonyl (C=O) groups is 1. The first-order valence-electron chi connectivity index (χ1n) is 12.0. The van der Waals surface area contributed by atoms with E-state index < -0.39 is 0 Å². The largest absolute Gasteiger partial charge is 0.339 e. The average Bonchev–Trinajstić information content (AvgIpc) is 3.38. The third-order valence-electron chi connectivity index (χ3n) is 6.80. The van der Waals surface area contributed by atoms with Gasteiger partial charge in [-0.1, -0.05) is 28.9 Å². The summed E-state index contributed by atoms with van der Waals surface area (Å²) in [4.78, 5) is 27.9. The van der Waals surface area contributed by atoms with Gasteiger partial charge >= 0.3 is 0 Å². The van der Waals surface area contributed by atoms with E-state index in [-0.39, 0.29) is 17.6 Å². The second-order valence-electron chi connectivity index (χ2n) is 9.08. The number of carbonyl (C=O) groups excluding carboxylic acids is 1. The van der Waals surface area contributed by atoms with Crippen LogP contribution < -0.4 is 0 Å². The van der Waals surface area contributed by atoms with Crippen molar-refractivity contribution in [3.05, 3.63) is 64.9 Å². The van der Waals surface area contributed by atoms with Crippen molar-refractivity contribution in [3.8, 4) is 11.5 Å². The molecule has 2 aliphatic rings. The van der Waals surface area contributed by atoms with E-state index in [1.807, 2.05) is 23.1 Å². The fourth-order valence-corrected chi connectivity index (χ4v) is 4.91. The van der Waals surface area contributed by atoms with Crippen LogP contribution in [0.2, 0.25) is 5.02 Å². The van der Waals surface area contributed by atoms with Crippen LogP contribution in [0, 0.1) is 5.82 Å². The maximum atomic E-state index is 14.1. The molecule has 1 aromatic carbocycles. The quantitative estimate of drug-likeness (QED) is 0.515. The van der Waals surface area contributed by atoms with E-state index in [1.165, 1.54) is 6.07 Å². The van der Waals surface area contributed by atoms with E-state index in [1.54, 1.807) is 18.3 Å². The smallest absolute Gasteiger partial charge is 0.236 e. The Labute approximate surface area is 208 Å². The van der Waals surface area contributed by atoms with Gasteiger partial charge in [0.2, 0.25) is 17.6 Å². The van der Waals surface area contributed by atoms with Gasteiger partial charge in [-0.15, -0.1) is 0 Å². The Morgan fingerprint density at radius 3 is 2.54 bits per heavy atom. The second kappa shape index (κ2) is 10.8. The van der Waals surface area contributed by atoms with Crippen LogP contribution in [0.3, 0.4) is 0 Å². The minimum absolute atomic E-state index is 0.141. The predicted molar refractivity (Wildman–Crippen MR) is 129 cm³/mol. The second-order valence-corrected chi connectivity index (χ2v) is 9.49. The van der Waals surface area contributed by atoms with Crippen LogP contribution in [-0.4, -0.2) is 81.5 Å². The summed E-state index contributed by atoms with van der Waals surface area (Å²) in [6.07, 6.45) is 3.45. The van der Waals surface area contributed by atoms with Crippen molar-refractivity contribution in [2.24, 2.45) is 0 Å². The van der Waals surface area contributed by atoms with Crippen LogP contribution in [0.15, 0.2) is 47.1 Å². The molecule has 5 rings (SSSR count). The molecule has 0 atom stereocenters. The van der Waals surface area contributed by atoms with Crippen molar-refractivity contribution in [2.75, 3.05) is 45.8 Å². The highest BCUT2D eigenvalue weighted by Gasteiger charge is 2.29. The van der Waals surface area contributed by atoms with Gasteiger partial charge in [-0.2, -0.15) is 4.98 Å². The summed E-state index contributed by atoms with van der Waals surface area (Å²) in [7, 11) is 0. The topological polar surface area (TPSA) is 78.6 Å². The van der Waals surface area contributed by atoms with Gasteiger partial charge in [0.25, 0.3) is 0 Å². The number of hydrogen-bond acceptors (Lipinski definition) is 7. The highest BCUT2D eigenvalue weighted by atomic mass is 35.5. The Kier molecular flexibility index (Phi) is 7.36. The van der Waals surface area contributed by atoms with Gasteiger partial charge < -0.3 is 9.42 Å². The number of nitrogens with zero attached hydrogens (tertiary/aromatic N) is 6. The summed E-state index contributed by atoms with van der Waals surface area (Å²) < 4.78 is 19.6. The van der Waals surface area contributed by atoms with Crippen molar-refractivity contribution in [1.29, 1.82) is 0 Å². The van der Waals surface area contributed by atoms with Crippen molar-refractivity contribution in [1.82, 2.24) is 29.8 Å². The van der Waals surface area contributed by atoms with Gasteiger partial charge in [-0.05, 0) is 50.2 Å². The fourth-order valence-electron chi connectivity index (χ4n) is 4.69. The van der Waals surface area contributed by atoms with E-state index in [0.29, 0.717) is 67.3 Å². The molecular formula is C25H28ClFN6O2. The van der Waals surface area contributed by atoms with Crippen molar-refractivity contribution >= 4 is 17.5 Å². The standard InChI is InChI=1S/C25H28ClFN6O2/c26-20-4-3-5-21(27)19(20)16-32-12-14-33(15-13-32)23(34)17-31-10-7-18(8-11-31)25-29-24(30-35-25)22-6-1-2-9-28-22/h1-6,9,18H,7-8,10-17H2. The average molecular weight is 499 g/mol. The molecule has 2 aliphatic heterocycles. The summed E-state index contributed by atoms with van der Waals surface area (Å²) in [5.41, 5.74) is 1.22. The molecule has 35 heavy (non-hydrogen) atoms. The SMILES string of the molecule is O=C(CN1CCC(c2nc(-c3ccccn3)no2)CC1)N1CCN(Cc2c(F)cccc2Cl)CC1. The van der Waals surface area contributed by atoms with Crippen LogP contribution in [0.25, 0.3) is 11.5 Å². The lowest BCUT2D eigenvalue weighted by Gasteiger charge is -2.37. The number of piperidine rings is 1. The first-order chi connectivity index (χ1) is 17.1. The maximum Gasteiger partial charge on any atom is 0.236 e. The summed E-state index contributed by atoms with van der Waals surface area (Å²) >= 11 is 6.16. The molecule has 0 spiro atoms. The molecule has 2 aromatic heterocycles. The summed E-state index contributed by atoms with van der Waals surface area (Å²) in [6, 6.07) is 10.4. The molecular weight excluding hydrogens is 471 g/mol. The Bertz CT molecular complexity index is 1120. The third kappa shape index (κ3) is 5.69. The third-order valence-corrected chi connectivity index (χ3v) is 7.15. The lowest BCUT2D eigenvalue weighted by Crippen LogP contribution is -2.51. The number of likely N-dealkylation sites (tertiary alicyclic amines) is 1. The lowest BCUT2D eigenvalue weighted by atomic mass is 9.97. The molecule has 3 aromatic rings. The Balaban J connectivity index is 1.07. The molecule has 184 valence electrons. The molecule has 4 heterocycles. The molecule has 8 nitrogen and oxygen atoms in total. The van der Waals surface area contributed by atoms with Gasteiger partial charge in [-0.3, -0.25) is 19.6 Å². The maximum absolute atomic E-state index is 14.1. The van der Waals surface area contributed by atoms with Crippen LogP contribution in [-0.2, 0) is 11.3 Å². The van der Waals surface area contributed by atoms with Crippen LogP contribution in [0.5, 0.6) is 0 Å². The molecule has 10 heteroatoms. The van der Waals surface area contributed by atoms with Gasteiger partial charge in [0.1, 0.15) is 11.5 Å². The van der Waals surface area contributed by atoms with E-state index in [0.717, 1.165) is 25.9 Å². The minimum Gasteiger partial charge on any atom is -0.339 e. The van der Waals surface area contributed by atoms with Gasteiger partial charge in [0.15, 0.2) is 0 Å². The molecule has 0 saturated carbocycles. The first-order valence-corrected chi connectivity index (χ1v) is 12.3. The Morgan fingerprint density at radius 2 is 1.83 bits per heavy atom. The number of pyridine rings is 1. The van der Waals surface area contributed by atoms with E-state index in [4.69, 9.17) is 16.1 Å². The molecule has 0 bridgehead atoms. The summed E-state index contributed by atoms with van der Waals surface area (Å²) in [5, 5.41) is 4.52. The molecule has 1 amide bonds. The number of amides is 1. The number of halogens is 2. The summed E-state index contributed by atoms with van der Waals surface area (Å²) in [6.45, 7) is 5.17. The molecule has 0 unspecified atom stereocenters. The van der Waals surface area contributed by atoms with Crippen molar-refractivity contribution < 1.29 is 13.7 Å². The Morgan fingerprint density at radius 1 is 1.03 bits per heavy atom. The number of rotatable bonds is 6. The fraction of sp³-hybridized carbons (Fsp3) is 0.440. The number of piperazine rings is 1. The van der Waals surface area contributed by atoms with Crippen LogP contribution in [0.4, 0.5) is 4.39 Å². The molecule has 0 N–H and O–H groups in total. The zero-order valence-electron chi connectivity index (χ0n) is 19.4. The lowest BCUT2D eigenvalue weighted by molar-refractivity contribution is -0.134. The number of aromatic nitrogens is 3. The van der Waals surface area contributed by atoms with E-state index >= 15 is 0 Å². The van der Waals surface area contributed by atoms with E-state index in [9.17, 15) is 9.18 Å². The summed E-state index contributed by atoms with van der Waals surface area (Å²) in [5.74, 6) is 1.20. The van der Waals surface area contributed by atoms with Crippen LogP contribution >= 0.6 is 11.6 Å². The highest BCUT2D eigenvalue weighted by molar-refractivity contribution is 6.31. The highest BCUT2D eigenvalue weighted by Crippen LogP contribution is 2.28. The molecule has 0 radical (unpaired) electrons. The van der Waals surface area contributed by atoms with Crippen molar-refractivity contribution in [3.63, 3.8) is 0 Å². The Hall–Kier alpha value is -2.88. The van der Waals surface area contributed by atoms with Gasteiger partial charge in [0.05, 0.1) is 6.54 Å². The van der Waals surface area contributed by atoms with E-state index in [2.05, 4.69) is 24.9 Å². The normalized spacial score (nSPS) is 18.2. The monoisotopic (exact) mass is 498 g/mol. The first kappa shape index (κ1) is 23.8. The van der Waals surface area contributed by atoms with Gasteiger partial charge in [0, 0.05) is 55.4 Å². The zero-order valence-corrected chi connectivity index (χ0v) is 20.2.